The van der Waals surface area contributed by atoms with Crippen LogP contribution in [0.1, 0.15) is 36.0 Å². The Hall–Kier alpha value is -1.08. The number of hydrogen-bond acceptors (Lipinski definition) is 6. The maximum absolute atomic E-state index is 12.1. The Labute approximate surface area is 150 Å². The number of nitrogens with two attached hydrogens (primary N) is 1. The molecule has 1 aromatic carbocycles. The van der Waals surface area contributed by atoms with Crippen molar-refractivity contribution in [3.8, 4) is 11.5 Å². The zero-order chi connectivity index (χ0) is 15.4. The molecule has 3 N–H and O–H groups in total. The molecule has 0 radical (unpaired) electrons. The molecule has 0 unspecified atom stereocenters. The second-order valence-electron chi connectivity index (χ2n) is 5.34. The van der Waals surface area contributed by atoms with Gasteiger partial charge in [0.05, 0.1) is 11.9 Å². The number of esters is 1. The topological polar surface area (TPSA) is 113 Å². The summed E-state index contributed by atoms with van der Waals surface area (Å²) in [6.45, 7) is 0.620. The van der Waals surface area contributed by atoms with Crippen LogP contribution in [0.3, 0.4) is 0 Å². The third kappa shape index (κ3) is 4.71. The number of phenols is 1. The van der Waals surface area contributed by atoms with Gasteiger partial charge in [-0.3, -0.25) is 4.79 Å². The van der Waals surface area contributed by atoms with E-state index in [4.69, 9.17) is 10.5 Å². The van der Waals surface area contributed by atoms with Crippen molar-refractivity contribution in [1.29, 1.82) is 0 Å². The molecule has 0 bridgehead atoms. The zero-order valence-electron chi connectivity index (χ0n) is 12.6. The van der Waals surface area contributed by atoms with Crippen molar-refractivity contribution in [1.82, 2.24) is 0 Å². The Morgan fingerprint density at radius 1 is 1.27 bits per heavy atom. The summed E-state index contributed by atoms with van der Waals surface area (Å²) in [4.78, 5) is 23.1. The third-order valence-electron chi connectivity index (χ3n) is 3.91. The average molecular weight is 315 g/mol. The van der Waals surface area contributed by atoms with Crippen LogP contribution >= 0.6 is 0 Å². The molecule has 0 heterocycles. The summed E-state index contributed by atoms with van der Waals surface area (Å²) in [5.41, 5.74) is 5.27. The van der Waals surface area contributed by atoms with Gasteiger partial charge < -0.3 is 25.5 Å². The van der Waals surface area contributed by atoms with E-state index in [0.717, 1.165) is 18.9 Å². The van der Waals surface area contributed by atoms with Gasteiger partial charge in [-0.05, 0) is 56.3 Å². The maximum Gasteiger partial charge on any atom is 1.00 e. The van der Waals surface area contributed by atoms with E-state index in [-0.39, 0.29) is 52.5 Å². The van der Waals surface area contributed by atoms with Crippen LogP contribution in [0, 0.1) is 11.8 Å². The summed E-state index contributed by atoms with van der Waals surface area (Å²) in [5.74, 6) is -2.06. The quantitative estimate of drug-likeness (QED) is 0.359. The first kappa shape index (κ1) is 19.0. The summed E-state index contributed by atoms with van der Waals surface area (Å²) in [7, 11) is 0. The number of carboxylic acids is 1. The van der Waals surface area contributed by atoms with E-state index in [9.17, 15) is 19.8 Å². The molecule has 0 saturated heterocycles. The number of carboxylic acid groups (broad SMARTS) is 1. The summed E-state index contributed by atoms with van der Waals surface area (Å²) in [6, 6.07) is 3.52. The van der Waals surface area contributed by atoms with Gasteiger partial charge in [-0.2, -0.15) is 0 Å². The van der Waals surface area contributed by atoms with Crippen molar-refractivity contribution in [2.24, 2.45) is 17.6 Å². The number of aromatic hydroxyl groups is 1. The van der Waals surface area contributed by atoms with Crippen LogP contribution in [-0.2, 0) is 4.79 Å². The minimum Gasteiger partial charge on any atom is -0.545 e. The molecule has 114 valence electrons. The second-order valence-corrected chi connectivity index (χ2v) is 5.34. The van der Waals surface area contributed by atoms with E-state index in [1.165, 1.54) is 12.1 Å². The molecule has 1 aromatic rings. The van der Waals surface area contributed by atoms with Crippen molar-refractivity contribution in [2.75, 3.05) is 6.54 Å². The number of rotatable bonds is 4. The van der Waals surface area contributed by atoms with Gasteiger partial charge in [0.2, 0.25) is 0 Å². The molecule has 6 nitrogen and oxygen atoms in total. The van der Waals surface area contributed by atoms with Gasteiger partial charge in [-0.25, -0.2) is 0 Å². The number of phenolic OH excluding ortho intramolecular Hbond substituents is 1. The van der Waals surface area contributed by atoms with Gasteiger partial charge >= 0.3 is 35.5 Å². The summed E-state index contributed by atoms with van der Waals surface area (Å²) >= 11 is 0. The van der Waals surface area contributed by atoms with Gasteiger partial charge in [-0.15, -0.1) is 0 Å². The number of ether oxygens (including phenoxy) is 1. The Morgan fingerprint density at radius 2 is 1.91 bits per heavy atom. The number of carbonyl (C=O) groups excluding carboxylic acids is 2. The molecule has 1 aliphatic carbocycles. The molecular formula is C15H18NNaO5. The predicted octanol–water partition coefficient (Wildman–Crippen LogP) is -2.57. The van der Waals surface area contributed by atoms with Gasteiger partial charge in [0.1, 0.15) is 11.5 Å². The molecule has 0 atom stereocenters. The number of carbonyl (C=O) groups is 2. The summed E-state index contributed by atoms with van der Waals surface area (Å²) < 4.78 is 5.17. The minimum atomic E-state index is -1.50. The van der Waals surface area contributed by atoms with Crippen molar-refractivity contribution in [3.05, 3.63) is 23.8 Å². The van der Waals surface area contributed by atoms with Gasteiger partial charge in [0.25, 0.3) is 0 Å². The van der Waals surface area contributed by atoms with Crippen LogP contribution in [0.2, 0.25) is 0 Å². The fourth-order valence-corrected chi connectivity index (χ4v) is 2.59. The van der Waals surface area contributed by atoms with Crippen LogP contribution in [0.4, 0.5) is 0 Å². The van der Waals surface area contributed by atoms with Crippen LogP contribution < -0.4 is 45.1 Å². The first-order chi connectivity index (χ1) is 10.0. The predicted molar refractivity (Wildman–Crippen MR) is 72.6 cm³/mol. The number of hydrogen-bond donors (Lipinski definition) is 2. The molecule has 1 aliphatic rings. The summed E-state index contributed by atoms with van der Waals surface area (Å²) in [6.07, 6.45) is 3.14. The first-order valence-corrected chi connectivity index (χ1v) is 6.97. The molecule has 0 aromatic heterocycles. The fraction of sp³-hybridized carbons (Fsp3) is 0.467. The SMILES string of the molecule is NC[C@H]1CC[C@H](C(=O)Oc2ccc(O)cc2C(=O)[O-])CC1.[Na+]. The van der Waals surface area contributed by atoms with Gasteiger partial charge in [-0.1, -0.05) is 0 Å². The smallest absolute Gasteiger partial charge is 0.545 e. The largest absolute Gasteiger partial charge is 1.00 e. The first-order valence-electron chi connectivity index (χ1n) is 6.97. The van der Waals surface area contributed by atoms with Crippen molar-refractivity contribution in [2.45, 2.75) is 25.7 Å². The molecule has 0 spiro atoms. The van der Waals surface area contributed by atoms with Crippen LogP contribution in [0.5, 0.6) is 11.5 Å². The Bertz CT molecular complexity index is 541. The molecule has 1 saturated carbocycles. The second kappa shape index (κ2) is 8.53. The molecule has 0 aliphatic heterocycles. The van der Waals surface area contributed by atoms with Gasteiger partial charge in [0, 0.05) is 5.56 Å². The van der Waals surface area contributed by atoms with E-state index in [1.807, 2.05) is 0 Å². The van der Waals surface area contributed by atoms with E-state index < -0.39 is 11.9 Å². The van der Waals surface area contributed by atoms with E-state index in [2.05, 4.69) is 0 Å². The van der Waals surface area contributed by atoms with Crippen LogP contribution in [0.25, 0.3) is 0 Å². The monoisotopic (exact) mass is 315 g/mol. The van der Waals surface area contributed by atoms with Crippen LogP contribution in [0.15, 0.2) is 18.2 Å². The molecule has 0 amide bonds. The van der Waals surface area contributed by atoms with E-state index >= 15 is 0 Å². The number of benzene rings is 1. The standard InChI is InChI=1S/C15H19NO5.Na/c16-8-9-1-3-10(4-2-9)15(20)21-13-6-5-11(17)7-12(13)14(18)19;/h5-7,9-10,17H,1-4,8,16H2,(H,18,19);/q;+1/p-1/t9-,10-;. The van der Waals surface area contributed by atoms with E-state index in [1.54, 1.807) is 0 Å². The third-order valence-corrected chi connectivity index (χ3v) is 3.91. The molecule has 22 heavy (non-hydrogen) atoms. The normalized spacial score (nSPS) is 20.8. The van der Waals surface area contributed by atoms with Crippen molar-refractivity contribution < 1.29 is 54.1 Å². The van der Waals surface area contributed by atoms with Crippen LogP contribution in [-0.4, -0.2) is 23.6 Å². The van der Waals surface area contributed by atoms with E-state index in [0.29, 0.717) is 25.3 Å². The zero-order valence-corrected chi connectivity index (χ0v) is 14.6. The Kier molecular flexibility index (Phi) is 7.35. The Balaban J connectivity index is 0.00000242. The van der Waals surface area contributed by atoms with Gasteiger partial charge in [0.15, 0.2) is 0 Å². The summed E-state index contributed by atoms with van der Waals surface area (Å²) in [5, 5.41) is 20.3. The maximum atomic E-state index is 12.1. The molecule has 1 fully saturated rings. The van der Waals surface area contributed by atoms with Crippen molar-refractivity contribution >= 4 is 11.9 Å². The number of aromatic carboxylic acids is 1. The molecular weight excluding hydrogens is 297 g/mol. The average Bonchev–Trinajstić information content (AvgIpc) is 2.49. The Morgan fingerprint density at radius 3 is 2.45 bits per heavy atom. The minimum absolute atomic E-state index is 0. The molecule has 7 heteroatoms. The molecule has 2 rings (SSSR count). The fourth-order valence-electron chi connectivity index (χ4n) is 2.59. The van der Waals surface area contributed by atoms with Crippen molar-refractivity contribution in [3.63, 3.8) is 0 Å².